The highest BCUT2D eigenvalue weighted by atomic mass is 35.5. The molecule has 0 bridgehead atoms. The van der Waals surface area contributed by atoms with Crippen molar-refractivity contribution in [3.8, 4) is 0 Å². The molecule has 25 heavy (non-hydrogen) atoms. The molecule has 1 atom stereocenters. The Morgan fingerprint density at radius 1 is 1.20 bits per heavy atom. The summed E-state index contributed by atoms with van der Waals surface area (Å²) in [5.74, 6) is -4.32. The standard InChI is InChI=1S/C16H17ClF5NOS/c1-15(2,3)25(24)23-14(8-6-9(7-8)16(20,21)22)10-4-5-11(18)12(17)13(10)19/h4-5,8-9H,6-7H2,1-3H3/t8-,9-,25-/m1/s1. The maximum Gasteiger partial charge on any atom is 0.391 e. The second-order valence-electron chi connectivity index (χ2n) is 6.97. The molecule has 2 nitrogen and oxygen atoms in total. The molecule has 2 rings (SSSR count). The first-order chi connectivity index (χ1) is 11.3. The topological polar surface area (TPSA) is 35.4 Å². The van der Waals surface area contributed by atoms with Crippen LogP contribution in [0.3, 0.4) is 0 Å². The molecule has 1 fully saturated rings. The number of hydrogen-bond acceptors (Lipinski definition) is 2. The van der Waals surface area contributed by atoms with Gasteiger partial charge in [0.25, 0.3) is 0 Å². The summed E-state index contributed by atoms with van der Waals surface area (Å²) in [7, 11) is 0. The van der Waals surface area contributed by atoms with Gasteiger partial charge in [0.2, 0.25) is 0 Å². The van der Waals surface area contributed by atoms with Gasteiger partial charge in [-0.1, -0.05) is 16.0 Å². The van der Waals surface area contributed by atoms with Crippen LogP contribution in [0, 0.1) is 23.5 Å². The smallest absolute Gasteiger partial charge is 0.391 e. The van der Waals surface area contributed by atoms with Gasteiger partial charge in [-0.2, -0.15) is 13.2 Å². The zero-order chi connectivity index (χ0) is 19.2. The lowest BCUT2D eigenvalue weighted by molar-refractivity contribution is -0.198. The van der Waals surface area contributed by atoms with Crippen LogP contribution in [0.15, 0.2) is 16.5 Å². The Labute approximate surface area is 150 Å². The van der Waals surface area contributed by atoms with Crippen molar-refractivity contribution in [3.05, 3.63) is 34.4 Å². The number of benzene rings is 1. The van der Waals surface area contributed by atoms with Crippen molar-refractivity contribution >= 4 is 28.7 Å². The Morgan fingerprint density at radius 3 is 2.24 bits per heavy atom. The minimum atomic E-state index is -4.34. The van der Waals surface area contributed by atoms with Crippen molar-refractivity contribution in [3.63, 3.8) is 0 Å². The van der Waals surface area contributed by atoms with Gasteiger partial charge in [0.05, 0.1) is 5.92 Å². The molecular formula is C16H17ClF5NOS. The van der Waals surface area contributed by atoms with E-state index in [0.29, 0.717) is 0 Å². The summed E-state index contributed by atoms with van der Waals surface area (Å²) in [4.78, 5) is 0. The fraction of sp³-hybridized carbons (Fsp3) is 0.562. The number of rotatable bonds is 3. The molecule has 1 aromatic rings. The van der Waals surface area contributed by atoms with Gasteiger partial charge in [-0.25, -0.2) is 8.78 Å². The van der Waals surface area contributed by atoms with Crippen LogP contribution >= 0.6 is 11.6 Å². The van der Waals surface area contributed by atoms with Crippen molar-refractivity contribution in [2.75, 3.05) is 0 Å². The molecule has 0 spiro atoms. The summed E-state index contributed by atoms with van der Waals surface area (Å²) in [5, 5.41) is -0.765. The van der Waals surface area contributed by atoms with E-state index in [1.807, 2.05) is 0 Å². The Balaban J connectivity index is 2.42. The third kappa shape index (κ3) is 4.46. The van der Waals surface area contributed by atoms with Crippen molar-refractivity contribution in [2.24, 2.45) is 16.2 Å². The summed E-state index contributed by atoms with van der Waals surface area (Å²) in [6, 6.07) is 1.98. The normalized spacial score (nSPS) is 23.4. The summed E-state index contributed by atoms with van der Waals surface area (Å²) in [5.41, 5.74) is -0.275. The summed E-state index contributed by atoms with van der Waals surface area (Å²) in [6.07, 6.45) is -4.90. The van der Waals surface area contributed by atoms with Crippen LogP contribution in [0.2, 0.25) is 5.02 Å². The third-order valence-electron chi connectivity index (χ3n) is 4.00. The van der Waals surface area contributed by atoms with Crippen molar-refractivity contribution in [1.82, 2.24) is 0 Å². The van der Waals surface area contributed by atoms with E-state index in [2.05, 4.69) is 4.40 Å². The van der Waals surface area contributed by atoms with Crippen LogP contribution in [0.4, 0.5) is 22.0 Å². The summed E-state index contributed by atoms with van der Waals surface area (Å²) >= 11 is 3.75. The first-order valence-corrected chi connectivity index (χ1v) is 9.02. The van der Waals surface area contributed by atoms with Crippen LogP contribution in [-0.4, -0.2) is 21.2 Å². The van der Waals surface area contributed by atoms with Gasteiger partial charge in [0, 0.05) is 11.5 Å². The highest BCUT2D eigenvalue weighted by Gasteiger charge is 2.50. The van der Waals surface area contributed by atoms with Crippen LogP contribution in [0.25, 0.3) is 0 Å². The van der Waals surface area contributed by atoms with E-state index in [4.69, 9.17) is 11.6 Å². The van der Waals surface area contributed by atoms with Gasteiger partial charge in [-0.3, -0.25) is 0 Å². The zero-order valence-electron chi connectivity index (χ0n) is 13.8. The van der Waals surface area contributed by atoms with E-state index >= 15 is 0 Å². The monoisotopic (exact) mass is 401 g/mol. The van der Waals surface area contributed by atoms with Gasteiger partial charge in [-0.05, 0) is 45.7 Å². The largest absolute Gasteiger partial charge is 0.591 e. The molecule has 0 heterocycles. The lowest BCUT2D eigenvalue weighted by Gasteiger charge is -2.37. The number of halogens is 6. The second kappa shape index (κ2) is 7.04. The lowest BCUT2D eigenvalue weighted by atomic mass is 9.70. The molecule has 0 amide bonds. The predicted molar refractivity (Wildman–Crippen MR) is 88.1 cm³/mol. The quantitative estimate of drug-likeness (QED) is 0.287. The maximum atomic E-state index is 14.3. The van der Waals surface area contributed by atoms with Crippen LogP contribution < -0.4 is 0 Å². The van der Waals surface area contributed by atoms with Crippen molar-refractivity contribution in [2.45, 2.75) is 44.5 Å². The molecule has 0 unspecified atom stereocenters. The molecule has 0 saturated heterocycles. The second-order valence-corrected chi connectivity index (χ2v) is 9.25. The van der Waals surface area contributed by atoms with E-state index in [-0.39, 0.29) is 24.1 Å². The molecule has 1 aliphatic carbocycles. The molecule has 140 valence electrons. The van der Waals surface area contributed by atoms with Crippen molar-refractivity contribution < 1.29 is 26.5 Å². The van der Waals surface area contributed by atoms with E-state index in [1.54, 1.807) is 20.8 Å². The molecule has 0 radical (unpaired) electrons. The van der Waals surface area contributed by atoms with Gasteiger partial charge in [0.1, 0.15) is 32.7 Å². The number of alkyl halides is 3. The number of nitrogens with zero attached hydrogens (tertiary/aromatic N) is 1. The molecule has 0 aliphatic heterocycles. The van der Waals surface area contributed by atoms with Crippen LogP contribution in [-0.2, 0) is 11.4 Å². The highest BCUT2D eigenvalue weighted by Crippen LogP contribution is 2.46. The van der Waals surface area contributed by atoms with Crippen LogP contribution in [0.5, 0.6) is 0 Å². The molecule has 1 aliphatic rings. The molecule has 0 N–H and O–H groups in total. The van der Waals surface area contributed by atoms with E-state index in [0.717, 1.165) is 12.1 Å². The molecule has 9 heteroatoms. The average molecular weight is 402 g/mol. The average Bonchev–Trinajstić information content (AvgIpc) is 2.40. The van der Waals surface area contributed by atoms with Gasteiger partial charge in [0.15, 0.2) is 5.82 Å². The first kappa shape index (κ1) is 20.5. The number of hydrogen-bond donors (Lipinski definition) is 0. The lowest BCUT2D eigenvalue weighted by Crippen LogP contribution is -2.40. The molecule has 1 saturated carbocycles. The highest BCUT2D eigenvalue weighted by molar-refractivity contribution is 7.91. The van der Waals surface area contributed by atoms with Gasteiger partial charge >= 0.3 is 6.18 Å². The Morgan fingerprint density at radius 2 is 1.76 bits per heavy atom. The maximum absolute atomic E-state index is 14.3. The minimum absolute atomic E-state index is 0.0619. The van der Waals surface area contributed by atoms with Crippen molar-refractivity contribution in [1.29, 1.82) is 0 Å². The minimum Gasteiger partial charge on any atom is -0.591 e. The van der Waals surface area contributed by atoms with Gasteiger partial charge < -0.3 is 4.55 Å². The fourth-order valence-electron chi connectivity index (χ4n) is 2.40. The van der Waals surface area contributed by atoms with E-state index in [1.165, 1.54) is 0 Å². The van der Waals surface area contributed by atoms with E-state index in [9.17, 15) is 26.5 Å². The molecular weight excluding hydrogens is 385 g/mol. The summed E-state index contributed by atoms with van der Waals surface area (Å²) in [6.45, 7) is 4.91. The Bertz CT molecular complexity index is 680. The van der Waals surface area contributed by atoms with Gasteiger partial charge in [-0.15, -0.1) is 0 Å². The Hall–Kier alpha value is -0.860. The Kier molecular flexibility index (Phi) is 5.76. The predicted octanol–water partition coefficient (Wildman–Crippen LogP) is 5.46. The SMILES string of the molecule is CC(C)(C)[S@@+]([O-])N=C(c1ccc(F)c(Cl)c1F)[C@H]1C[C@H](C(F)(F)F)C1. The molecule has 1 aromatic carbocycles. The first-order valence-electron chi connectivity index (χ1n) is 7.53. The fourth-order valence-corrected chi connectivity index (χ4v) is 3.27. The molecule has 0 aromatic heterocycles. The third-order valence-corrected chi connectivity index (χ3v) is 5.76. The summed E-state index contributed by atoms with van der Waals surface area (Å²) < 4.78 is 81.5. The van der Waals surface area contributed by atoms with Crippen LogP contribution in [0.1, 0.15) is 39.2 Å². The zero-order valence-corrected chi connectivity index (χ0v) is 15.3. The van der Waals surface area contributed by atoms with E-state index < -0.39 is 50.8 Å².